The summed E-state index contributed by atoms with van der Waals surface area (Å²) in [7, 11) is 0. The number of nitrogens with one attached hydrogen (secondary N) is 1. The van der Waals surface area contributed by atoms with Gasteiger partial charge < -0.3 is 5.32 Å². The number of carbonyl (C=O) groups excluding carboxylic acids is 1. The molecule has 1 amide bonds. The molecule has 0 saturated carbocycles. The van der Waals surface area contributed by atoms with Crippen LogP contribution in [-0.4, -0.2) is 10.9 Å². The number of aromatic nitrogens is 1. The molecule has 0 aliphatic rings. The van der Waals surface area contributed by atoms with Crippen LogP contribution in [0.15, 0.2) is 52.2 Å². The number of halogens is 1. The molecule has 1 aromatic heterocycles. The van der Waals surface area contributed by atoms with E-state index in [0.717, 1.165) is 21.2 Å². The quantitative estimate of drug-likeness (QED) is 0.548. The van der Waals surface area contributed by atoms with Crippen LogP contribution in [0.2, 0.25) is 5.02 Å². The number of thiazole rings is 1. The van der Waals surface area contributed by atoms with Crippen LogP contribution in [0.25, 0.3) is 0 Å². The first-order valence-corrected chi connectivity index (χ1v) is 9.97. The molecule has 0 radical (unpaired) electrons. The standard InChI is InChI=1S/C19H17ClN2OS2/c1-12-7-8-17(16(20)9-12)22-18(23)15-6-4-3-5-14(15)11-25-19-21-13(2)10-24-19/h3-10H,11H2,1-2H3,(H,22,23). The second-order valence-corrected chi connectivity index (χ2v) is 8.13. The van der Waals surface area contributed by atoms with Gasteiger partial charge >= 0.3 is 0 Å². The van der Waals surface area contributed by atoms with Crippen LogP contribution in [0.1, 0.15) is 27.2 Å². The minimum atomic E-state index is -0.155. The Morgan fingerprint density at radius 2 is 2.04 bits per heavy atom. The molecular weight excluding hydrogens is 372 g/mol. The highest BCUT2D eigenvalue weighted by Gasteiger charge is 2.13. The maximum Gasteiger partial charge on any atom is 0.256 e. The maximum atomic E-state index is 12.7. The molecule has 0 saturated heterocycles. The van der Waals surface area contributed by atoms with E-state index in [9.17, 15) is 4.79 Å². The average Bonchev–Trinajstić information content (AvgIpc) is 3.01. The van der Waals surface area contributed by atoms with Gasteiger partial charge in [-0.1, -0.05) is 47.6 Å². The molecule has 1 N–H and O–H groups in total. The third-order valence-corrected chi connectivity index (χ3v) is 6.08. The van der Waals surface area contributed by atoms with E-state index in [2.05, 4.69) is 10.3 Å². The molecule has 2 aromatic carbocycles. The zero-order valence-corrected chi connectivity index (χ0v) is 16.3. The summed E-state index contributed by atoms with van der Waals surface area (Å²) in [5.41, 5.74) is 4.32. The molecule has 1 heterocycles. The fourth-order valence-corrected chi connectivity index (χ4v) is 4.45. The Morgan fingerprint density at radius 1 is 1.24 bits per heavy atom. The van der Waals surface area contributed by atoms with E-state index in [1.54, 1.807) is 23.1 Å². The van der Waals surface area contributed by atoms with E-state index in [1.165, 1.54) is 0 Å². The molecule has 25 heavy (non-hydrogen) atoms. The van der Waals surface area contributed by atoms with E-state index in [4.69, 9.17) is 11.6 Å². The number of carbonyl (C=O) groups is 1. The number of anilines is 1. The van der Waals surface area contributed by atoms with Crippen LogP contribution in [0.5, 0.6) is 0 Å². The number of thioether (sulfide) groups is 1. The fraction of sp³-hybridized carbons (Fsp3) is 0.158. The Labute approximate surface area is 160 Å². The zero-order valence-electron chi connectivity index (χ0n) is 13.9. The van der Waals surface area contributed by atoms with Crippen molar-refractivity contribution in [3.05, 3.63) is 75.3 Å². The van der Waals surface area contributed by atoms with Crippen molar-refractivity contribution in [1.29, 1.82) is 0 Å². The Kier molecular flexibility index (Phi) is 5.78. The Bertz CT molecular complexity index is 908. The van der Waals surface area contributed by atoms with Gasteiger partial charge in [-0.25, -0.2) is 4.98 Å². The minimum absolute atomic E-state index is 0.155. The van der Waals surface area contributed by atoms with Gasteiger partial charge in [-0.05, 0) is 43.2 Å². The summed E-state index contributed by atoms with van der Waals surface area (Å²) in [6.07, 6.45) is 0. The molecular formula is C19H17ClN2OS2. The molecule has 0 spiro atoms. The predicted molar refractivity (Wildman–Crippen MR) is 107 cm³/mol. The molecule has 0 aliphatic carbocycles. The third-order valence-electron chi connectivity index (χ3n) is 3.58. The highest BCUT2D eigenvalue weighted by atomic mass is 35.5. The first-order chi connectivity index (χ1) is 12.0. The van der Waals surface area contributed by atoms with Gasteiger partial charge in [0.15, 0.2) is 0 Å². The normalized spacial score (nSPS) is 10.7. The van der Waals surface area contributed by atoms with Crippen molar-refractivity contribution in [3.8, 4) is 0 Å². The van der Waals surface area contributed by atoms with Crippen molar-refractivity contribution in [2.75, 3.05) is 5.32 Å². The predicted octanol–water partition coefficient (Wildman–Crippen LogP) is 5.96. The number of nitrogens with zero attached hydrogens (tertiary/aromatic N) is 1. The second-order valence-electron chi connectivity index (χ2n) is 5.64. The lowest BCUT2D eigenvalue weighted by Crippen LogP contribution is -2.14. The SMILES string of the molecule is Cc1ccc(NC(=O)c2ccccc2CSc2nc(C)cs2)c(Cl)c1. The van der Waals surface area contributed by atoms with Crippen LogP contribution in [0, 0.1) is 13.8 Å². The lowest BCUT2D eigenvalue weighted by atomic mass is 10.1. The molecule has 0 bridgehead atoms. The molecule has 3 nitrogen and oxygen atoms in total. The highest BCUT2D eigenvalue weighted by molar-refractivity contribution is 8.00. The van der Waals surface area contributed by atoms with E-state index < -0.39 is 0 Å². The smallest absolute Gasteiger partial charge is 0.256 e. The molecule has 0 unspecified atom stereocenters. The maximum absolute atomic E-state index is 12.7. The van der Waals surface area contributed by atoms with Crippen LogP contribution in [0.4, 0.5) is 5.69 Å². The molecule has 0 atom stereocenters. The first kappa shape index (κ1) is 18.0. The summed E-state index contributed by atoms with van der Waals surface area (Å²) in [6, 6.07) is 13.2. The monoisotopic (exact) mass is 388 g/mol. The summed E-state index contributed by atoms with van der Waals surface area (Å²) in [5.74, 6) is 0.537. The molecule has 3 rings (SSSR count). The molecule has 128 valence electrons. The van der Waals surface area contributed by atoms with Gasteiger partial charge in [0.2, 0.25) is 0 Å². The van der Waals surface area contributed by atoms with Gasteiger partial charge in [-0.3, -0.25) is 4.79 Å². The molecule has 0 fully saturated rings. The van der Waals surface area contributed by atoms with Gasteiger partial charge in [0, 0.05) is 22.4 Å². The zero-order chi connectivity index (χ0) is 17.8. The lowest BCUT2D eigenvalue weighted by molar-refractivity contribution is 0.102. The van der Waals surface area contributed by atoms with Gasteiger partial charge in [0.1, 0.15) is 4.34 Å². The van der Waals surface area contributed by atoms with E-state index in [-0.39, 0.29) is 5.91 Å². The third kappa shape index (κ3) is 4.63. The van der Waals surface area contributed by atoms with Crippen molar-refractivity contribution >= 4 is 46.3 Å². The van der Waals surface area contributed by atoms with Crippen molar-refractivity contribution in [1.82, 2.24) is 4.98 Å². The van der Waals surface area contributed by atoms with Crippen LogP contribution in [0.3, 0.4) is 0 Å². The summed E-state index contributed by atoms with van der Waals surface area (Å²) in [5, 5.41) is 5.47. The van der Waals surface area contributed by atoms with Crippen LogP contribution in [-0.2, 0) is 5.75 Å². The number of benzene rings is 2. The van der Waals surface area contributed by atoms with Gasteiger partial charge in [-0.2, -0.15) is 0 Å². The summed E-state index contributed by atoms with van der Waals surface area (Å²) >= 11 is 9.48. The van der Waals surface area contributed by atoms with E-state index in [0.29, 0.717) is 22.0 Å². The molecule has 3 aromatic rings. The minimum Gasteiger partial charge on any atom is -0.321 e. The largest absolute Gasteiger partial charge is 0.321 e. The second kappa shape index (κ2) is 8.04. The Balaban J connectivity index is 1.76. The fourth-order valence-electron chi connectivity index (χ4n) is 2.32. The van der Waals surface area contributed by atoms with Crippen LogP contribution < -0.4 is 5.32 Å². The van der Waals surface area contributed by atoms with Crippen molar-refractivity contribution < 1.29 is 4.79 Å². The summed E-state index contributed by atoms with van der Waals surface area (Å²) in [6.45, 7) is 3.94. The highest BCUT2D eigenvalue weighted by Crippen LogP contribution is 2.28. The molecule has 0 aliphatic heterocycles. The number of hydrogen-bond acceptors (Lipinski definition) is 4. The Hall–Kier alpha value is -1.82. The van der Waals surface area contributed by atoms with Gasteiger partial charge in [0.05, 0.1) is 10.7 Å². The Morgan fingerprint density at radius 3 is 2.76 bits per heavy atom. The lowest BCUT2D eigenvalue weighted by Gasteiger charge is -2.11. The van der Waals surface area contributed by atoms with Crippen molar-refractivity contribution in [3.63, 3.8) is 0 Å². The number of amides is 1. The van der Waals surface area contributed by atoms with Gasteiger partial charge in [-0.15, -0.1) is 11.3 Å². The van der Waals surface area contributed by atoms with Crippen LogP contribution >= 0.6 is 34.7 Å². The summed E-state index contributed by atoms with van der Waals surface area (Å²) in [4.78, 5) is 17.1. The van der Waals surface area contributed by atoms with Crippen molar-refractivity contribution in [2.45, 2.75) is 23.9 Å². The summed E-state index contributed by atoms with van der Waals surface area (Å²) < 4.78 is 1.01. The van der Waals surface area contributed by atoms with E-state index in [1.807, 2.05) is 61.7 Å². The first-order valence-electron chi connectivity index (χ1n) is 7.73. The number of aryl methyl sites for hydroxylation is 2. The number of rotatable bonds is 5. The number of hydrogen-bond donors (Lipinski definition) is 1. The van der Waals surface area contributed by atoms with E-state index >= 15 is 0 Å². The average molecular weight is 389 g/mol. The van der Waals surface area contributed by atoms with Crippen molar-refractivity contribution in [2.24, 2.45) is 0 Å². The topological polar surface area (TPSA) is 42.0 Å². The van der Waals surface area contributed by atoms with Gasteiger partial charge in [0.25, 0.3) is 5.91 Å². The molecule has 6 heteroatoms.